The zero-order valence-corrected chi connectivity index (χ0v) is 15.4. The molecule has 1 heterocycles. The first kappa shape index (κ1) is 19.2. The van der Waals surface area contributed by atoms with E-state index in [0.29, 0.717) is 10.8 Å². The summed E-state index contributed by atoms with van der Waals surface area (Å²) in [7, 11) is -3.20. The van der Waals surface area contributed by atoms with Gasteiger partial charge in [-0.15, -0.1) is 24.0 Å². The Morgan fingerprint density at radius 2 is 1.82 bits per heavy atom. The third-order valence-corrected chi connectivity index (χ3v) is 5.77. The van der Waals surface area contributed by atoms with Crippen molar-refractivity contribution < 1.29 is 8.42 Å². The van der Waals surface area contributed by atoms with Crippen LogP contribution in [0.4, 0.5) is 0 Å². The minimum absolute atomic E-state index is 0. The van der Waals surface area contributed by atoms with Gasteiger partial charge in [0.15, 0.2) is 9.84 Å². The Labute approximate surface area is 143 Å². The van der Waals surface area contributed by atoms with Gasteiger partial charge in [-0.2, -0.15) is 0 Å². The topological polar surface area (TPSA) is 46.5 Å². The molecular weight excluding hydrogens is 341 g/mol. The molecule has 0 atom stereocenters. The highest BCUT2D eigenvalue weighted by Gasteiger charge is 2.18. The number of hydrogen-bond acceptors (Lipinski definition) is 3. The van der Waals surface area contributed by atoms with E-state index in [1.807, 2.05) is 32.9 Å². The van der Waals surface area contributed by atoms with Crippen LogP contribution in [0.1, 0.15) is 32.8 Å². The molecule has 0 spiro atoms. The number of allylic oxidation sites excluding steroid dienone is 2. The Bertz CT molecular complexity index is 689. The largest absolute Gasteiger partial charge is 0.256 e. The second-order valence-electron chi connectivity index (χ2n) is 5.80. The maximum absolute atomic E-state index is 12.2. The van der Waals surface area contributed by atoms with Crippen LogP contribution in [0.15, 0.2) is 45.4 Å². The number of alkyl halides is 1. The molecule has 0 saturated heterocycles. The number of halogens is 2. The van der Waals surface area contributed by atoms with E-state index in [1.165, 1.54) is 5.57 Å². The molecule has 0 aliphatic carbocycles. The molecule has 0 N–H and O–H groups in total. The summed E-state index contributed by atoms with van der Waals surface area (Å²) in [5, 5.41) is 0. The van der Waals surface area contributed by atoms with Crippen molar-refractivity contribution in [2.75, 3.05) is 11.6 Å². The van der Waals surface area contributed by atoms with Crippen molar-refractivity contribution in [3.8, 4) is 0 Å². The Kier molecular flexibility index (Phi) is 6.65. The van der Waals surface area contributed by atoms with E-state index in [9.17, 15) is 8.42 Å². The van der Waals surface area contributed by atoms with Crippen LogP contribution >= 0.6 is 24.0 Å². The Hall–Kier alpha value is -0.840. The zero-order valence-electron chi connectivity index (χ0n) is 13.0. The van der Waals surface area contributed by atoms with Crippen molar-refractivity contribution in [2.45, 2.75) is 32.1 Å². The van der Waals surface area contributed by atoms with Crippen LogP contribution in [-0.2, 0) is 9.84 Å². The van der Waals surface area contributed by atoms with Crippen molar-refractivity contribution in [1.82, 2.24) is 0 Å². The number of nitrogens with zero attached hydrogens (tertiary/aromatic N) is 1. The molecule has 0 aromatic heterocycles. The molecule has 1 aliphatic heterocycles. The number of benzene rings is 1. The normalized spacial score (nSPS) is 15.0. The van der Waals surface area contributed by atoms with Crippen molar-refractivity contribution in [1.29, 1.82) is 0 Å². The zero-order chi connectivity index (χ0) is 15.6. The molecule has 2 rings (SSSR count). The molecule has 1 aliphatic rings. The molecule has 1 aromatic carbocycles. The van der Waals surface area contributed by atoms with Crippen LogP contribution in [0.2, 0.25) is 0 Å². The summed E-state index contributed by atoms with van der Waals surface area (Å²) in [6.45, 7) is 5.83. The second kappa shape index (κ2) is 7.62. The van der Waals surface area contributed by atoms with Crippen LogP contribution < -0.4 is 0 Å². The van der Waals surface area contributed by atoms with Gasteiger partial charge in [0.1, 0.15) is 0 Å². The lowest BCUT2D eigenvalue weighted by Crippen LogP contribution is -2.12. The molecule has 6 heteroatoms. The molecule has 22 heavy (non-hydrogen) atoms. The van der Waals surface area contributed by atoms with Crippen LogP contribution in [-0.4, -0.2) is 25.8 Å². The fraction of sp³-hybridized carbons (Fsp3) is 0.438. The van der Waals surface area contributed by atoms with E-state index >= 15 is 0 Å². The lowest BCUT2D eigenvalue weighted by Gasteiger charge is -2.08. The summed E-state index contributed by atoms with van der Waals surface area (Å²) < 4.78 is 24.3. The van der Waals surface area contributed by atoms with Gasteiger partial charge < -0.3 is 0 Å². The van der Waals surface area contributed by atoms with Gasteiger partial charge in [0.05, 0.1) is 27.9 Å². The molecular formula is C16H21Cl2NO2S. The van der Waals surface area contributed by atoms with Gasteiger partial charge in [0.2, 0.25) is 0 Å². The Morgan fingerprint density at radius 3 is 2.27 bits per heavy atom. The number of sulfone groups is 1. The molecule has 1 aromatic rings. The molecule has 0 fully saturated rings. The van der Waals surface area contributed by atoms with Gasteiger partial charge >= 0.3 is 0 Å². The maximum atomic E-state index is 12.2. The number of rotatable bonds is 5. The molecule has 0 saturated carbocycles. The average Bonchev–Trinajstić information content (AvgIpc) is 2.79. The SMILES string of the molecule is CC1=C(CCl)N=C(c2ccc(S(=O)(=O)CC(C)C)cc2)C1.Cl. The monoisotopic (exact) mass is 361 g/mol. The lowest BCUT2D eigenvalue weighted by molar-refractivity contribution is 0.582. The highest BCUT2D eigenvalue weighted by molar-refractivity contribution is 7.91. The van der Waals surface area contributed by atoms with Gasteiger partial charge in [0, 0.05) is 6.42 Å². The van der Waals surface area contributed by atoms with Gasteiger partial charge in [-0.05, 0) is 36.1 Å². The average molecular weight is 362 g/mol. The summed E-state index contributed by atoms with van der Waals surface area (Å²) in [5.41, 5.74) is 4.01. The van der Waals surface area contributed by atoms with Crippen molar-refractivity contribution in [3.05, 3.63) is 41.1 Å². The van der Waals surface area contributed by atoms with E-state index < -0.39 is 9.84 Å². The van der Waals surface area contributed by atoms with Crippen molar-refractivity contribution in [2.24, 2.45) is 10.9 Å². The molecule has 122 valence electrons. The second-order valence-corrected chi connectivity index (χ2v) is 8.10. The standard InChI is InChI=1S/C16H20ClNO2S.ClH/c1-11(2)10-21(19,20)14-6-4-13(5-7-14)15-8-12(3)16(9-17)18-15;/h4-7,11H,8-10H2,1-3H3;1H. The summed E-state index contributed by atoms with van der Waals surface area (Å²) in [5.74, 6) is 0.701. The minimum atomic E-state index is -3.20. The smallest absolute Gasteiger partial charge is 0.178 e. The molecule has 0 bridgehead atoms. The summed E-state index contributed by atoms with van der Waals surface area (Å²) in [6, 6.07) is 7.00. The van der Waals surface area contributed by atoms with Crippen LogP contribution in [0.3, 0.4) is 0 Å². The number of aliphatic imine (C=N–C) groups is 1. The summed E-state index contributed by atoms with van der Waals surface area (Å²) in [6.07, 6.45) is 0.778. The van der Waals surface area contributed by atoms with Crippen LogP contribution in [0.25, 0.3) is 0 Å². The fourth-order valence-electron chi connectivity index (χ4n) is 2.35. The third kappa shape index (κ3) is 4.34. The Balaban J connectivity index is 0.00000242. The number of hydrogen-bond donors (Lipinski definition) is 0. The highest BCUT2D eigenvalue weighted by Crippen LogP contribution is 2.25. The van der Waals surface area contributed by atoms with Crippen molar-refractivity contribution >= 4 is 39.6 Å². The van der Waals surface area contributed by atoms with E-state index in [2.05, 4.69) is 4.99 Å². The summed E-state index contributed by atoms with van der Waals surface area (Å²) in [4.78, 5) is 4.89. The first-order valence-corrected chi connectivity index (χ1v) is 9.17. The summed E-state index contributed by atoms with van der Waals surface area (Å²) >= 11 is 5.84. The van der Waals surface area contributed by atoms with Crippen LogP contribution in [0.5, 0.6) is 0 Å². The van der Waals surface area contributed by atoms with Gasteiger partial charge in [-0.3, -0.25) is 4.99 Å². The quantitative estimate of drug-likeness (QED) is 0.736. The minimum Gasteiger partial charge on any atom is -0.256 e. The maximum Gasteiger partial charge on any atom is 0.178 e. The van der Waals surface area contributed by atoms with E-state index in [1.54, 1.807) is 12.1 Å². The molecule has 0 radical (unpaired) electrons. The predicted octanol–water partition coefficient (Wildman–Crippen LogP) is 4.24. The Morgan fingerprint density at radius 1 is 1.23 bits per heavy atom. The van der Waals surface area contributed by atoms with Gasteiger partial charge in [-0.25, -0.2) is 8.42 Å². The molecule has 3 nitrogen and oxygen atoms in total. The van der Waals surface area contributed by atoms with E-state index in [4.69, 9.17) is 11.6 Å². The third-order valence-electron chi connectivity index (χ3n) is 3.42. The van der Waals surface area contributed by atoms with Crippen LogP contribution in [0, 0.1) is 5.92 Å². The van der Waals surface area contributed by atoms with Crippen molar-refractivity contribution in [3.63, 3.8) is 0 Å². The first-order valence-electron chi connectivity index (χ1n) is 6.99. The highest BCUT2D eigenvalue weighted by atomic mass is 35.5. The predicted molar refractivity (Wildman–Crippen MR) is 95.2 cm³/mol. The fourth-order valence-corrected chi connectivity index (χ4v) is 4.26. The van der Waals surface area contributed by atoms with Gasteiger partial charge in [0.25, 0.3) is 0 Å². The van der Waals surface area contributed by atoms with E-state index in [0.717, 1.165) is 23.4 Å². The molecule has 0 amide bonds. The van der Waals surface area contributed by atoms with Gasteiger partial charge in [-0.1, -0.05) is 26.0 Å². The first-order chi connectivity index (χ1) is 9.83. The molecule has 0 unspecified atom stereocenters. The lowest BCUT2D eigenvalue weighted by atomic mass is 10.1. The van der Waals surface area contributed by atoms with E-state index in [-0.39, 0.29) is 24.1 Å².